The minimum Gasteiger partial charge on any atom is -0.247 e. The summed E-state index contributed by atoms with van der Waals surface area (Å²) in [6.07, 6.45) is 4.34. The summed E-state index contributed by atoms with van der Waals surface area (Å²) in [6, 6.07) is 30.5. The Morgan fingerprint density at radius 1 is 0.396 bits per heavy atom. The molecule has 281 valence electrons. The van der Waals surface area contributed by atoms with Crippen molar-refractivity contribution in [3.8, 4) is 22.5 Å². The molecule has 0 unspecified atom stereocenters. The molecule has 0 saturated carbocycles. The molecule has 2 heterocycles. The predicted molar refractivity (Wildman–Crippen MR) is 227 cm³/mol. The molecule has 6 rings (SSSR count). The maximum Gasteiger partial charge on any atom is 0.0747 e. The number of para-hydroxylation sites is 2. The van der Waals surface area contributed by atoms with Crippen LogP contribution in [-0.4, -0.2) is 9.97 Å². The molecule has 53 heavy (non-hydrogen) atoms. The van der Waals surface area contributed by atoms with E-state index in [1.807, 2.05) is 0 Å². The summed E-state index contributed by atoms with van der Waals surface area (Å²) in [5.41, 5.74) is 18.4. The van der Waals surface area contributed by atoms with Gasteiger partial charge in [-0.1, -0.05) is 128 Å². The van der Waals surface area contributed by atoms with Crippen molar-refractivity contribution in [2.24, 2.45) is 23.7 Å². The number of hydrogen-bond donors (Lipinski definition) is 0. The first-order valence-electron chi connectivity index (χ1n) is 19.7. The fraction of sp³-hybridized carbons (Fsp3) is 0.400. The van der Waals surface area contributed by atoms with E-state index >= 15 is 0 Å². The molecule has 2 aromatic heterocycles. The Bertz CT molecular complexity index is 2000. The summed E-state index contributed by atoms with van der Waals surface area (Å²) in [5.74, 6) is 2.46. The van der Waals surface area contributed by atoms with E-state index in [0.717, 1.165) is 36.7 Å². The fourth-order valence-electron chi connectivity index (χ4n) is 7.64. The van der Waals surface area contributed by atoms with Crippen LogP contribution in [0.4, 0.5) is 0 Å². The summed E-state index contributed by atoms with van der Waals surface area (Å²) in [7, 11) is 0. The maximum absolute atomic E-state index is 5.17. The number of aryl methyl sites for hydroxylation is 2. The standard InChI is InChI=1S/2C25H31N.Ir/c2*1-16(2)14-22-21-11-7-8-13-24(21)26-25(23(22)15-17(3)4)20-12-9-10-18(5)19(20)6;/h2*7-13,16-17H,14-15H2,1-6H3;. The summed E-state index contributed by atoms with van der Waals surface area (Å²) < 4.78 is 0. The van der Waals surface area contributed by atoms with Crippen molar-refractivity contribution < 1.29 is 20.1 Å². The van der Waals surface area contributed by atoms with E-state index in [-0.39, 0.29) is 20.1 Å². The largest absolute Gasteiger partial charge is 0.247 e. The Hall–Kier alpha value is -3.65. The molecule has 0 saturated heterocycles. The summed E-state index contributed by atoms with van der Waals surface area (Å²) in [6.45, 7) is 27.3. The molecule has 0 aliphatic rings. The summed E-state index contributed by atoms with van der Waals surface area (Å²) in [5, 5.41) is 2.65. The van der Waals surface area contributed by atoms with Crippen LogP contribution in [0.3, 0.4) is 0 Å². The molecule has 0 amide bonds. The van der Waals surface area contributed by atoms with E-state index in [4.69, 9.17) is 9.97 Å². The third-order valence-electron chi connectivity index (χ3n) is 10.4. The third-order valence-corrected chi connectivity index (χ3v) is 10.4. The smallest absolute Gasteiger partial charge is 0.0747 e. The Morgan fingerprint density at radius 3 is 1.06 bits per heavy atom. The van der Waals surface area contributed by atoms with Gasteiger partial charge in [-0.2, -0.15) is 0 Å². The van der Waals surface area contributed by atoms with E-state index in [1.165, 1.54) is 77.8 Å². The average Bonchev–Trinajstić information content (AvgIpc) is 3.09. The van der Waals surface area contributed by atoms with Crippen LogP contribution in [-0.2, 0) is 45.8 Å². The van der Waals surface area contributed by atoms with E-state index in [9.17, 15) is 0 Å². The molecule has 6 aromatic rings. The number of fused-ring (bicyclic) bond motifs is 2. The molecule has 0 atom stereocenters. The normalized spacial score (nSPS) is 11.5. The summed E-state index contributed by atoms with van der Waals surface area (Å²) in [4.78, 5) is 10.3. The van der Waals surface area contributed by atoms with Crippen molar-refractivity contribution in [3.63, 3.8) is 0 Å². The van der Waals surface area contributed by atoms with Crippen molar-refractivity contribution in [1.29, 1.82) is 0 Å². The Labute approximate surface area is 334 Å². The van der Waals surface area contributed by atoms with E-state index in [1.54, 1.807) is 0 Å². The van der Waals surface area contributed by atoms with Gasteiger partial charge in [-0.15, -0.1) is 0 Å². The van der Waals surface area contributed by atoms with Crippen LogP contribution in [0.15, 0.2) is 84.9 Å². The number of pyridine rings is 2. The van der Waals surface area contributed by atoms with Crippen LogP contribution in [0.5, 0.6) is 0 Å². The molecule has 2 nitrogen and oxygen atoms in total. The van der Waals surface area contributed by atoms with Crippen LogP contribution < -0.4 is 0 Å². The summed E-state index contributed by atoms with van der Waals surface area (Å²) >= 11 is 0. The van der Waals surface area contributed by atoms with Gasteiger partial charge in [0.15, 0.2) is 0 Å². The maximum atomic E-state index is 5.17. The van der Waals surface area contributed by atoms with E-state index in [2.05, 4.69) is 168 Å². The average molecular weight is 883 g/mol. The molecule has 3 heteroatoms. The zero-order valence-electron chi connectivity index (χ0n) is 34.4. The van der Waals surface area contributed by atoms with Gasteiger partial charge in [0, 0.05) is 42.0 Å². The number of aromatic nitrogens is 2. The molecular formula is C50H62IrN2. The number of benzene rings is 4. The van der Waals surface area contributed by atoms with Crippen LogP contribution in [0.1, 0.15) is 99.9 Å². The predicted octanol–water partition coefficient (Wildman–Crippen LogP) is 13.8. The molecule has 0 aliphatic carbocycles. The molecule has 1 radical (unpaired) electrons. The SMILES string of the molecule is Cc1cccc(-c2nc3ccccc3c(CC(C)C)c2CC(C)C)c1C.Cc1cccc(-c2nc3ccccc3c(CC(C)C)c2CC(C)C)c1C.[Ir]. The number of hydrogen-bond acceptors (Lipinski definition) is 2. The molecule has 0 spiro atoms. The quantitative estimate of drug-likeness (QED) is 0.137. The first kappa shape index (κ1) is 42.1. The molecular weight excluding hydrogens is 821 g/mol. The van der Waals surface area contributed by atoms with Gasteiger partial charge in [-0.25, -0.2) is 9.97 Å². The second kappa shape index (κ2) is 18.6. The first-order chi connectivity index (χ1) is 24.8. The van der Waals surface area contributed by atoms with Gasteiger partial charge in [-0.3, -0.25) is 0 Å². The number of nitrogens with zero attached hydrogens (tertiary/aromatic N) is 2. The first-order valence-corrected chi connectivity index (χ1v) is 19.7. The Balaban J connectivity index is 0.000000232. The topological polar surface area (TPSA) is 25.8 Å². The van der Waals surface area contributed by atoms with Crippen LogP contribution in [0.2, 0.25) is 0 Å². The van der Waals surface area contributed by atoms with Crippen molar-refractivity contribution in [1.82, 2.24) is 9.97 Å². The Kier molecular flexibility index (Phi) is 14.8. The molecule has 0 aliphatic heterocycles. The molecule has 0 fully saturated rings. The van der Waals surface area contributed by atoms with Crippen LogP contribution in [0.25, 0.3) is 44.3 Å². The van der Waals surface area contributed by atoms with E-state index < -0.39 is 0 Å². The zero-order chi connectivity index (χ0) is 37.7. The van der Waals surface area contributed by atoms with Gasteiger partial charge in [-0.05, 0) is 134 Å². The van der Waals surface area contributed by atoms with Gasteiger partial charge < -0.3 is 0 Å². The van der Waals surface area contributed by atoms with E-state index in [0.29, 0.717) is 23.7 Å². The third kappa shape index (κ3) is 9.92. The molecule has 0 bridgehead atoms. The van der Waals surface area contributed by atoms with Gasteiger partial charge in [0.05, 0.1) is 22.4 Å². The zero-order valence-corrected chi connectivity index (χ0v) is 36.8. The van der Waals surface area contributed by atoms with Crippen molar-refractivity contribution in [2.75, 3.05) is 0 Å². The second-order valence-corrected chi connectivity index (χ2v) is 16.8. The number of rotatable bonds is 10. The monoisotopic (exact) mass is 883 g/mol. The van der Waals surface area contributed by atoms with Gasteiger partial charge in [0.1, 0.15) is 0 Å². The van der Waals surface area contributed by atoms with Crippen molar-refractivity contribution in [2.45, 2.75) is 109 Å². The molecule has 4 aromatic carbocycles. The second-order valence-electron chi connectivity index (χ2n) is 16.8. The van der Waals surface area contributed by atoms with Gasteiger partial charge in [0.2, 0.25) is 0 Å². The minimum atomic E-state index is 0. The van der Waals surface area contributed by atoms with Crippen LogP contribution in [0, 0.1) is 51.4 Å². The van der Waals surface area contributed by atoms with Crippen molar-refractivity contribution >= 4 is 21.8 Å². The van der Waals surface area contributed by atoms with Crippen molar-refractivity contribution in [3.05, 3.63) is 129 Å². The van der Waals surface area contributed by atoms with Gasteiger partial charge >= 0.3 is 0 Å². The fourth-order valence-corrected chi connectivity index (χ4v) is 7.64. The van der Waals surface area contributed by atoms with Gasteiger partial charge in [0.25, 0.3) is 0 Å². The molecule has 0 N–H and O–H groups in total. The Morgan fingerprint density at radius 2 is 0.717 bits per heavy atom. The van der Waals surface area contributed by atoms with Crippen LogP contribution >= 0.6 is 0 Å². The minimum absolute atomic E-state index is 0.